The Labute approximate surface area is 231 Å². The average Bonchev–Trinajstić information content (AvgIpc) is 3.15. The number of ether oxygens (including phenoxy) is 3. The number of aromatic nitrogens is 3. The molecule has 0 N–H and O–H groups in total. The fourth-order valence-electron chi connectivity index (χ4n) is 4.67. The fraction of sp³-hybridized carbons (Fsp3) is 0.259. The van der Waals surface area contributed by atoms with Gasteiger partial charge in [0, 0.05) is 0 Å². The summed E-state index contributed by atoms with van der Waals surface area (Å²) in [7, 11) is 0. The summed E-state index contributed by atoms with van der Waals surface area (Å²) in [4.78, 5) is 30.6. The van der Waals surface area contributed by atoms with Gasteiger partial charge in [0.25, 0.3) is 5.56 Å². The van der Waals surface area contributed by atoms with E-state index in [0.717, 1.165) is 5.56 Å². The molecule has 3 heterocycles. The Morgan fingerprint density at radius 2 is 1.89 bits per heavy atom. The van der Waals surface area contributed by atoms with Crippen LogP contribution in [0.15, 0.2) is 63.9 Å². The van der Waals surface area contributed by atoms with Gasteiger partial charge in [0.15, 0.2) is 23.4 Å². The lowest BCUT2D eigenvalue weighted by Gasteiger charge is -2.24. The summed E-state index contributed by atoms with van der Waals surface area (Å²) in [5.74, 6) is 1.38. The van der Waals surface area contributed by atoms with Crippen molar-refractivity contribution in [2.24, 2.45) is 17.3 Å². The zero-order valence-corrected chi connectivity index (χ0v) is 22.6. The summed E-state index contributed by atoms with van der Waals surface area (Å²) in [5.41, 5.74) is 0.230. The van der Waals surface area contributed by atoms with Gasteiger partial charge < -0.3 is 14.2 Å². The number of hydrogen-bond acceptors (Lipinski definition) is 8. The molecule has 1 saturated carbocycles. The van der Waals surface area contributed by atoms with Crippen LogP contribution in [0.5, 0.6) is 17.2 Å². The van der Waals surface area contributed by atoms with Crippen molar-refractivity contribution in [3.8, 4) is 17.2 Å². The van der Waals surface area contributed by atoms with Crippen LogP contribution < -0.4 is 24.3 Å². The highest BCUT2D eigenvalue weighted by atomic mass is 35.5. The van der Waals surface area contributed by atoms with Gasteiger partial charge in [0.2, 0.25) is 4.96 Å². The Morgan fingerprint density at radius 1 is 1.16 bits per heavy atom. The smallest absolute Gasteiger partial charge is 0.315 e. The molecule has 3 atom stereocenters. The van der Waals surface area contributed by atoms with Crippen molar-refractivity contribution >= 4 is 51.5 Å². The number of benzene rings is 2. The topological polar surface area (TPSA) is 92.0 Å². The molecular formula is C27H21Cl2N3O5S. The first-order chi connectivity index (χ1) is 18.2. The second-order valence-electron chi connectivity index (χ2n) is 9.72. The molecule has 1 aliphatic carbocycles. The van der Waals surface area contributed by atoms with Crippen LogP contribution in [0.3, 0.4) is 0 Å². The third kappa shape index (κ3) is 4.55. The summed E-state index contributed by atoms with van der Waals surface area (Å²) < 4.78 is 19.2. The summed E-state index contributed by atoms with van der Waals surface area (Å²) in [6, 6.07) is 14.3. The first-order valence-electron chi connectivity index (χ1n) is 11.8. The van der Waals surface area contributed by atoms with E-state index >= 15 is 0 Å². The summed E-state index contributed by atoms with van der Waals surface area (Å²) in [5, 5.41) is 4.38. The van der Waals surface area contributed by atoms with Crippen molar-refractivity contribution in [1.29, 1.82) is 0 Å². The molecule has 6 rings (SSSR count). The molecular weight excluding hydrogens is 549 g/mol. The Balaban J connectivity index is 1.17. The molecule has 3 unspecified atom stereocenters. The maximum atomic E-state index is 13.0. The van der Waals surface area contributed by atoms with Gasteiger partial charge in [-0.15, -0.1) is 5.10 Å². The van der Waals surface area contributed by atoms with Crippen LogP contribution >= 0.6 is 34.5 Å². The summed E-state index contributed by atoms with van der Waals surface area (Å²) in [6.07, 6.45) is 2.93. The molecule has 194 valence electrons. The molecule has 1 aliphatic heterocycles. The predicted molar refractivity (Wildman–Crippen MR) is 144 cm³/mol. The highest BCUT2D eigenvalue weighted by Crippen LogP contribution is 2.60. The maximum Gasteiger partial charge on any atom is 0.315 e. The second kappa shape index (κ2) is 9.41. The molecule has 0 saturated heterocycles. The highest BCUT2D eigenvalue weighted by molar-refractivity contribution is 7.15. The predicted octanol–water partition coefficient (Wildman–Crippen LogP) is 4.71. The molecule has 0 spiro atoms. The maximum absolute atomic E-state index is 13.0. The monoisotopic (exact) mass is 569 g/mol. The zero-order valence-electron chi connectivity index (χ0n) is 20.3. The molecule has 2 aromatic carbocycles. The number of thiazole rings is 1. The largest absolute Gasteiger partial charge is 0.485 e. The Kier molecular flexibility index (Phi) is 6.17. The molecule has 38 heavy (non-hydrogen) atoms. The van der Waals surface area contributed by atoms with E-state index in [-0.39, 0.29) is 39.9 Å². The van der Waals surface area contributed by atoms with Gasteiger partial charge >= 0.3 is 5.97 Å². The van der Waals surface area contributed by atoms with Crippen LogP contribution in [0.25, 0.3) is 11.0 Å². The van der Waals surface area contributed by atoms with E-state index in [2.05, 4.69) is 10.1 Å². The first-order valence-corrected chi connectivity index (χ1v) is 13.4. The average molecular weight is 570 g/mol. The molecule has 0 bridgehead atoms. The van der Waals surface area contributed by atoms with E-state index in [4.69, 9.17) is 37.4 Å². The molecule has 4 aromatic rings. The minimum absolute atomic E-state index is 0.0667. The molecule has 1 fully saturated rings. The number of carbonyl (C=O) groups is 1. The van der Waals surface area contributed by atoms with Crippen LogP contribution in [0.4, 0.5) is 0 Å². The lowest BCUT2D eigenvalue weighted by atomic mass is 10.1. The van der Waals surface area contributed by atoms with Crippen molar-refractivity contribution < 1.29 is 19.0 Å². The second-order valence-corrected chi connectivity index (χ2v) is 11.7. The number of hydrogen-bond donors (Lipinski definition) is 0. The number of esters is 1. The molecule has 0 radical (unpaired) electrons. The van der Waals surface area contributed by atoms with Crippen LogP contribution in [-0.4, -0.2) is 27.2 Å². The molecule has 2 aliphatic rings. The summed E-state index contributed by atoms with van der Waals surface area (Å²) >= 11 is 12.8. The number of carbonyl (C=O) groups excluding carboxylic acids is 1. The highest BCUT2D eigenvalue weighted by Gasteiger charge is 2.61. The van der Waals surface area contributed by atoms with Gasteiger partial charge in [-0.2, -0.15) is 9.50 Å². The number of halogens is 2. The quantitative estimate of drug-likeness (QED) is 0.254. The van der Waals surface area contributed by atoms with Gasteiger partial charge in [-0.1, -0.05) is 72.7 Å². The van der Waals surface area contributed by atoms with Crippen molar-refractivity contribution in [3.63, 3.8) is 0 Å². The zero-order chi connectivity index (χ0) is 26.6. The number of nitrogens with zero attached hydrogens (tertiary/aromatic N) is 3. The fourth-order valence-corrected chi connectivity index (χ4v) is 5.86. The van der Waals surface area contributed by atoms with Crippen LogP contribution in [0.2, 0.25) is 0 Å². The number of rotatable bonds is 5. The Morgan fingerprint density at radius 3 is 2.61 bits per heavy atom. The molecule has 8 nitrogen and oxygen atoms in total. The van der Waals surface area contributed by atoms with Crippen LogP contribution in [0.1, 0.15) is 31.3 Å². The van der Waals surface area contributed by atoms with E-state index in [1.807, 2.05) is 38.1 Å². The van der Waals surface area contributed by atoms with E-state index < -0.39 is 6.10 Å². The van der Waals surface area contributed by atoms with Gasteiger partial charge in [-0.05, 0) is 53.3 Å². The normalized spacial score (nSPS) is 21.8. The van der Waals surface area contributed by atoms with Crippen molar-refractivity contribution in [2.45, 2.75) is 20.0 Å². The van der Waals surface area contributed by atoms with Gasteiger partial charge in [0.05, 0.1) is 10.5 Å². The standard InChI is InChI=1S/C27H21Cl2N3O5S/c1-27(2)16(12-21(28)29)22(27)25(34)36-15-9-7-14(8-10-15)11-20-24(33)32-26(38-20)30-23(31-32)19-13-35-17-5-3-4-6-18(17)37-19/h3-12,16,19,22H,13H2,1-2H3. The van der Waals surface area contributed by atoms with Gasteiger partial charge in [0.1, 0.15) is 16.8 Å². The van der Waals surface area contributed by atoms with Crippen LogP contribution in [0, 0.1) is 17.3 Å². The molecule has 2 aromatic heterocycles. The van der Waals surface area contributed by atoms with Crippen molar-refractivity contribution in [3.05, 3.63) is 85.4 Å². The Hall–Kier alpha value is -3.40. The van der Waals surface area contributed by atoms with E-state index in [9.17, 15) is 9.59 Å². The minimum Gasteiger partial charge on any atom is -0.485 e. The van der Waals surface area contributed by atoms with E-state index in [0.29, 0.717) is 32.6 Å². The Bertz CT molecular complexity index is 1690. The van der Waals surface area contributed by atoms with E-state index in [1.165, 1.54) is 15.9 Å². The lowest BCUT2D eigenvalue weighted by Crippen LogP contribution is -2.26. The van der Waals surface area contributed by atoms with Gasteiger partial charge in [-0.25, -0.2) is 0 Å². The number of allylic oxidation sites excluding steroid dienone is 1. The number of fused-ring (bicyclic) bond motifs is 2. The minimum atomic E-state index is -0.501. The molecule has 11 heteroatoms. The summed E-state index contributed by atoms with van der Waals surface area (Å²) in [6.45, 7) is 4.20. The lowest BCUT2D eigenvalue weighted by molar-refractivity contribution is -0.136. The molecule has 0 amide bonds. The third-order valence-corrected chi connectivity index (χ3v) is 8.07. The van der Waals surface area contributed by atoms with Gasteiger partial charge in [-0.3, -0.25) is 9.59 Å². The third-order valence-electron chi connectivity index (χ3n) is 6.86. The first kappa shape index (κ1) is 24.9. The SMILES string of the molecule is CC1(C)C(C=C(Cl)Cl)C1C(=O)Oc1ccc(C=c2sc3nc(C4COc5ccccc5O4)nn3c2=O)cc1. The van der Waals surface area contributed by atoms with E-state index in [1.54, 1.807) is 36.4 Å². The van der Waals surface area contributed by atoms with Crippen LogP contribution in [-0.2, 0) is 4.79 Å². The number of para-hydroxylation sites is 2. The van der Waals surface area contributed by atoms with Crippen molar-refractivity contribution in [1.82, 2.24) is 14.6 Å². The van der Waals surface area contributed by atoms with Crippen molar-refractivity contribution in [2.75, 3.05) is 6.61 Å².